The van der Waals surface area contributed by atoms with E-state index in [2.05, 4.69) is 17.6 Å². The van der Waals surface area contributed by atoms with Crippen LogP contribution in [0.5, 0.6) is 0 Å². The maximum Gasteiger partial charge on any atom is 0.408 e. The van der Waals surface area contributed by atoms with Crippen LogP contribution in [-0.2, 0) is 20.7 Å². The molecule has 2 unspecified atom stereocenters. The number of hydrogen-bond acceptors (Lipinski definition) is 4. The van der Waals surface area contributed by atoms with Gasteiger partial charge in [-0.25, -0.2) is 4.79 Å². The first-order chi connectivity index (χ1) is 20.5. The van der Waals surface area contributed by atoms with Crippen LogP contribution in [0.1, 0.15) is 76.1 Å². The minimum Gasteiger partial charge on any atom is -0.444 e. The lowest BCUT2D eigenvalue weighted by Gasteiger charge is -2.35. The molecule has 0 fully saturated rings. The number of aryl methyl sites for hydroxylation is 1. The summed E-state index contributed by atoms with van der Waals surface area (Å²) in [6.07, 6.45) is 3.17. The molecule has 0 saturated carbocycles. The number of anilines is 1. The van der Waals surface area contributed by atoms with E-state index in [4.69, 9.17) is 16.3 Å². The molecule has 3 aromatic carbocycles. The van der Waals surface area contributed by atoms with Gasteiger partial charge in [0.15, 0.2) is 0 Å². The Bertz CT molecular complexity index is 1320. The number of nitrogens with zero attached hydrogens (tertiary/aromatic N) is 1. The summed E-state index contributed by atoms with van der Waals surface area (Å²) in [5, 5.41) is 6.22. The average Bonchev–Trinajstić information content (AvgIpc) is 2.96. The number of amides is 3. The molecule has 0 radical (unpaired) electrons. The van der Waals surface area contributed by atoms with Gasteiger partial charge in [-0.1, -0.05) is 111 Å². The molecule has 7 nitrogen and oxygen atoms in total. The van der Waals surface area contributed by atoms with Gasteiger partial charge >= 0.3 is 6.09 Å². The molecule has 3 rings (SSSR count). The van der Waals surface area contributed by atoms with Crippen LogP contribution in [0.4, 0.5) is 10.5 Å². The number of para-hydroxylation sites is 1. The Morgan fingerprint density at radius 2 is 1.53 bits per heavy atom. The fraction of sp³-hybridized carbons (Fsp3) is 0.400. The van der Waals surface area contributed by atoms with Crippen LogP contribution in [-0.4, -0.2) is 41.0 Å². The van der Waals surface area contributed by atoms with Crippen molar-refractivity contribution in [1.29, 1.82) is 0 Å². The van der Waals surface area contributed by atoms with E-state index >= 15 is 0 Å². The van der Waals surface area contributed by atoms with Crippen molar-refractivity contribution in [3.05, 3.63) is 101 Å². The van der Waals surface area contributed by atoms with Gasteiger partial charge in [-0.05, 0) is 56.9 Å². The highest BCUT2D eigenvalue weighted by molar-refractivity contribution is 6.34. The predicted octanol–water partition coefficient (Wildman–Crippen LogP) is 7.87. The Balaban J connectivity index is 2.06. The zero-order valence-corrected chi connectivity index (χ0v) is 26.6. The zero-order chi connectivity index (χ0) is 31.4. The number of halogens is 1. The highest BCUT2D eigenvalue weighted by Gasteiger charge is 2.36. The Hall–Kier alpha value is -3.84. The van der Waals surface area contributed by atoms with Crippen molar-refractivity contribution in [2.24, 2.45) is 0 Å². The van der Waals surface area contributed by atoms with Crippen LogP contribution < -0.4 is 10.6 Å². The Kier molecular flexibility index (Phi) is 12.6. The second kappa shape index (κ2) is 16.1. The molecule has 0 aliphatic rings. The molecule has 0 aliphatic carbocycles. The highest BCUT2D eigenvalue weighted by Crippen LogP contribution is 2.30. The zero-order valence-electron chi connectivity index (χ0n) is 25.9. The third-order valence-electron chi connectivity index (χ3n) is 6.95. The van der Waals surface area contributed by atoms with E-state index in [-0.39, 0.29) is 18.2 Å². The number of rotatable bonds is 13. The van der Waals surface area contributed by atoms with Gasteiger partial charge in [0, 0.05) is 13.0 Å². The van der Waals surface area contributed by atoms with Crippen molar-refractivity contribution >= 4 is 35.2 Å². The van der Waals surface area contributed by atoms with Crippen molar-refractivity contribution in [2.75, 3.05) is 11.9 Å². The van der Waals surface area contributed by atoms with Gasteiger partial charge in [0.05, 0.1) is 10.7 Å². The van der Waals surface area contributed by atoms with Crippen molar-refractivity contribution in [3.63, 3.8) is 0 Å². The molecule has 230 valence electrons. The number of hydrogen-bond donors (Lipinski definition) is 2. The second-order valence-electron chi connectivity index (χ2n) is 11.7. The Morgan fingerprint density at radius 3 is 2.14 bits per heavy atom. The van der Waals surface area contributed by atoms with Crippen LogP contribution in [0.25, 0.3) is 0 Å². The number of carbonyl (C=O) groups excluding carboxylic acids is 3. The molecule has 0 heterocycles. The van der Waals surface area contributed by atoms with Crippen LogP contribution in [0.15, 0.2) is 78.9 Å². The lowest BCUT2D eigenvalue weighted by atomic mass is 9.99. The summed E-state index contributed by atoms with van der Waals surface area (Å²) in [5.41, 5.74) is 2.09. The fourth-order valence-electron chi connectivity index (χ4n) is 4.87. The Labute approximate surface area is 261 Å². The molecule has 43 heavy (non-hydrogen) atoms. The molecule has 3 aromatic rings. The van der Waals surface area contributed by atoms with Gasteiger partial charge in [-0.15, -0.1) is 0 Å². The first-order valence-corrected chi connectivity index (χ1v) is 15.3. The SMILES string of the molecule is CCCCCCN(C(=O)C(Cc1ccccc1)NC(=O)OC(C)(C)C)C(C(=O)Nc1c(C)cccc1Cl)c1ccccc1. The van der Waals surface area contributed by atoms with Crippen molar-refractivity contribution in [2.45, 2.75) is 84.4 Å². The minimum atomic E-state index is -0.968. The van der Waals surface area contributed by atoms with E-state index in [1.54, 1.807) is 31.7 Å². The maximum atomic E-state index is 14.6. The number of carbonyl (C=O) groups is 3. The molecule has 0 bridgehead atoms. The normalized spacial score (nSPS) is 12.6. The molecule has 0 spiro atoms. The number of alkyl carbamates (subject to hydrolysis) is 1. The monoisotopic (exact) mass is 605 g/mol. The van der Waals surface area contributed by atoms with Gasteiger partial charge in [0.25, 0.3) is 5.91 Å². The standard InChI is InChI=1S/C35H44ClN3O4/c1-6-7-8-15-23-39(33(41)29(24-26-18-11-9-12-19-26)37-34(42)43-35(3,4)5)31(27-20-13-10-14-21-27)32(40)38-30-25(2)17-16-22-28(30)36/h9-14,16-22,29,31H,6-8,15,23-24H2,1-5H3,(H,37,42)(H,38,40). The Morgan fingerprint density at radius 1 is 0.884 bits per heavy atom. The molecular weight excluding hydrogens is 562 g/mol. The van der Waals surface area contributed by atoms with E-state index < -0.39 is 23.8 Å². The molecule has 0 aliphatic heterocycles. The highest BCUT2D eigenvalue weighted by atomic mass is 35.5. The van der Waals surface area contributed by atoms with Gasteiger partial charge in [0.2, 0.25) is 5.91 Å². The largest absolute Gasteiger partial charge is 0.444 e. The fourth-order valence-corrected chi connectivity index (χ4v) is 5.13. The summed E-state index contributed by atoms with van der Waals surface area (Å²) in [6.45, 7) is 9.63. The molecular formula is C35H44ClN3O4. The number of ether oxygens (including phenoxy) is 1. The minimum absolute atomic E-state index is 0.233. The van der Waals surface area contributed by atoms with Crippen LogP contribution in [0.3, 0.4) is 0 Å². The summed E-state index contributed by atoms with van der Waals surface area (Å²) in [7, 11) is 0. The lowest BCUT2D eigenvalue weighted by Crippen LogP contribution is -2.53. The summed E-state index contributed by atoms with van der Waals surface area (Å²) >= 11 is 6.48. The number of unbranched alkanes of at least 4 members (excludes halogenated alkanes) is 3. The smallest absolute Gasteiger partial charge is 0.408 e. The van der Waals surface area contributed by atoms with E-state index in [0.29, 0.717) is 29.2 Å². The third-order valence-corrected chi connectivity index (χ3v) is 7.27. The summed E-state index contributed by atoms with van der Waals surface area (Å²) < 4.78 is 5.53. The molecule has 0 saturated heterocycles. The molecule has 2 atom stereocenters. The predicted molar refractivity (Wildman–Crippen MR) is 173 cm³/mol. The molecule has 2 N–H and O–H groups in total. The van der Waals surface area contributed by atoms with Crippen LogP contribution >= 0.6 is 11.6 Å². The van der Waals surface area contributed by atoms with Gasteiger partial charge in [-0.2, -0.15) is 0 Å². The lowest BCUT2D eigenvalue weighted by molar-refractivity contribution is -0.140. The van der Waals surface area contributed by atoms with Gasteiger partial charge in [-0.3, -0.25) is 9.59 Å². The molecule has 8 heteroatoms. The van der Waals surface area contributed by atoms with E-state index in [9.17, 15) is 14.4 Å². The topological polar surface area (TPSA) is 87.7 Å². The third kappa shape index (κ3) is 10.4. The number of nitrogens with one attached hydrogen (secondary N) is 2. The average molecular weight is 606 g/mol. The van der Waals surface area contributed by atoms with Crippen LogP contribution in [0, 0.1) is 6.92 Å². The van der Waals surface area contributed by atoms with E-state index in [1.165, 1.54) is 0 Å². The maximum absolute atomic E-state index is 14.6. The van der Waals surface area contributed by atoms with E-state index in [0.717, 1.165) is 30.4 Å². The van der Waals surface area contributed by atoms with Crippen LogP contribution in [0.2, 0.25) is 5.02 Å². The first-order valence-electron chi connectivity index (χ1n) is 14.9. The van der Waals surface area contributed by atoms with E-state index in [1.807, 2.05) is 79.7 Å². The number of benzene rings is 3. The second-order valence-corrected chi connectivity index (χ2v) is 12.1. The van der Waals surface area contributed by atoms with Gasteiger partial charge < -0.3 is 20.3 Å². The summed E-state index contributed by atoms with van der Waals surface area (Å²) in [6, 6.07) is 22.2. The molecule has 3 amide bonds. The van der Waals surface area contributed by atoms with Crippen molar-refractivity contribution < 1.29 is 19.1 Å². The summed E-state index contributed by atoms with van der Waals surface area (Å²) in [4.78, 5) is 43.3. The quantitative estimate of drug-likeness (QED) is 0.194. The molecule has 0 aromatic heterocycles. The van der Waals surface area contributed by atoms with Crippen molar-refractivity contribution in [1.82, 2.24) is 10.2 Å². The summed E-state index contributed by atoms with van der Waals surface area (Å²) in [5.74, 6) is -0.756. The van der Waals surface area contributed by atoms with Crippen molar-refractivity contribution in [3.8, 4) is 0 Å². The first kappa shape index (κ1) is 33.7. The van der Waals surface area contributed by atoms with Gasteiger partial charge in [0.1, 0.15) is 17.7 Å².